The zero-order chi connectivity index (χ0) is 20.1. The maximum atomic E-state index is 11.3. The van der Waals surface area contributed by atoms with Gasteiger partial charge in [-0.2, -0.15) is 5.10 Å². The van der Waals surface area contributed by atoms with Crippen LogP contribution in [0.5, 0.6) is 0 Å². The first-order valence-corrected chi connectivity index (χ1v) is 9.22. The van der Waals surface area contributed by atoms with E-state index in [9.17, 15) is 4.79 Å². The Hall–Kier alpha value is -2.78. The molecule has 9 heteroatoms. The molecule has 0 aliphatic carbocycles. The van der Waals surface area contributed by atoms with E-state index < -0.39 is 5.91 Å². The fraction of sp³-hybridized carbons (Fsp3) is 0.474. The Morgan fingerprint density at radius 1 is 1.36 bits per heavy atom. The first-order chi connectivity index (χ1) is 13.5. The number of piperidine rings is 1. The highest BCUT2D eigenvalue weighted by Gasteiger charge is 2.26. The van der Waals surface area contributed by atoms with Crippen LogP contribution in [-0.2, 0) is 34.0 Å². The van der Waals surface area contributed by atoms with Gasteiger partial charge in [-0.3, -0.25) is 9.59 Å². The molecule has 0 atom stereocenters. The van der Waals surface area contributed by atoms with Gasteiger partial charge in [0.1, 0.15) is 0 Å². The number of hydrogen-bond donors (Lipinski definition) is 2. The van der Waals surface area contributed by atoms with E-state index in [0.717, 1.165) is 37.3 Å². The van der Waals surface area contributed by atoms with Crippen molar-refractivity contribution in [1.29, 1.82) is 0 Å². The second kappa shape index (κ2) is 8.94. The van der Waals surface area contributed by atoms with Crippen molar-refractivity contribution < 1.29 is 19.4 Å². The van der Waals surface area contributed by atoms with Crippen LogP contribution in [0.25, 0.3) is 11.4 Å². The molecule has 9 nitrogen and oxygen atoms in total. The summed E-state index contributed by atoms with van der Waals surface area (Å²) < 4.78 is 7.62. The summed E-state index contributed by atoms with van der Waals surface area (Å²) in [5.41, 5.74) is 8.78. The smallest absolute Gasteiger partial charge is 0.290 e. The molecule has 0 bridgehead atoms. The average molecular weight is 387 g/mol. The molecule has 1 amide bonds. The van der Waals surface area contributed by atoms with Gasteiger partial charge in [0.25, 0.3) is 6.47 Å². The van der Waals surface area contributed by atoms with Crippen LogP contribution >= 0.6 is 0 Å². The Labute approximate surface area is 163 Å². The molecule has 28 heavy (non-hydrogen) atoms. The van der Waals surface area contributed by atoms with E-state index in [-0.39, 0.29) is 12.9 Å². The molecular weight excluding hydrogens is 362 g/mol. The van der Waals surface area contributed by atoms with Gasteiger partial charge in [-0.15, -0.1) is 0 Å². The maximum Gasteiger partial charge on any atom is 0.290 e. The highest BCUT2D eigenvalue weighted by molar-refractivity contribution is 5.76. The molecule has 0 unspecified atom stereocenters. The van der Waals surface area contributed by atoms with Crippen LogP contribution < -0.4 is 5.73 Å². The number of aromatic nitrogens is 3. The number of nitrogens with two attached hydrogens (primary N) is 1. The number of amides is 1. The Morgan fingerprint density at radius 3 is 2.75 bits per heavy atom. The van der Waals surface area contributed by atoms with Crippen LogP contribution in [0, 0.1) is 0 Å². The highest BCUT2D eigenvalue weighted by atomic mass is 16.5. The molecule has 0 spiro atoms. The number of hydrogen-bond acceptors (Lipinski definition) is 6. The molecule has 4 rings (SSSR count). The zero-order valence-electron chi connectivity index (χ0n) is 15.9. The lowest BCUT2D eigenvalue weighted by Crippen LogP contribution is -2.32. The van der Waals surface area contributed by atoms with Crippen LogP contribution in [0.4, 0.5) is 0 Å². The summed E-state index contributed by atoms with van der Waals surface area (Å²) >= 11 is 0. The van der Waals surface area contributed by atoms with E-state index in [1.54, 1.807) is 0 Å². The highest BCUT2D eigenvalue weighted by Crippen LogP contribution is 2.33. The molecule has 1 saturated heterocycles. The number of ether oxygens (including phenoxy) is 1. The van der Waals surface area contributed by atoms with E-state index in [1.807, 2.05) is 10.7 Å². The number of benzene rings is 1. The van der Waals surface area contributed by atoms with Gasteiger partial charge in [0.05, 0.1) is 25.7 Å². The number of primary amides is 1. The number of nitrogens with zero attached hydrogens (tertiary/aromatic N) is 4. The minimum absolute atomic E-state index is 0.0676. The number of rotatable bonds is 4. The third-order valence-corrected chi connectivity index (χ3v) is 5.06. The molecule has 0 radical (unpaired) electrons. The third-order valence-electron chi connectivity index (χ3n) is 5.06. The van der Waals surface area contributed by atoms with Crippen LogP contribution in [0.2, 0.25) is 0 Å². The predicted molar refractivity (Wildman–Crippen MR) is 101 cm³/mol. The molecule has 2 aromatic rings. The second-order valence-electron chi connectivity index (χ2n) is 7.02. The number of carboxylic acid groups (broad SMARTS) is 1. The van der Waals surface area contributed by atoms with Gasteiger partial charge in [0, 0.05) is 5.56 Å². The van der Waals surface area contributed by atoms with Gasteiger partial charge in [-0.05, 0) is 44.1 Å². The zero-order valence-corrected chi connectivity index (χ0v) is 15.9. The number of likely N-dealkylation sites (tertiary alicyclic amines) is 1. The molecule has 2 aliphatic rings. The summed E-state index contributed by atoms with van der Waals surface area (Å²) in [4.78, 5) is 26.7. The standard InChI is InChI=1S/C18H23N5O2.CH2O2/c1-22-7-5-13(6-8-22)23-18(20-17(21-23)9-16(19)24)14-4-2-3-12-10-25-11-15(12)14;2-1-3/h2-4,13H,5-11H2,1H3,(H2,19,24);1H,(H,2,3). The van der Waals surface area contributed by atoms with Crippen molar-refractivity contribution in [2.75, 3.05) is 20.1 Å². The lowest BCUT2D eigenvalue weighted by Gasteiger charge is -2.29. The maximum absolute atomic E-state index is 11.3. The molecule has 3 N–H and O–H groups in total. The SMILES string of the molecule is CN1CCC(n2nc(CC(N)=O)nc2-c2cccc3c2COC3)CC1.O=CO. The van der Waals surface area contributed by atoms with Crippen LogP contribution in [0.1, 0.15) is 35.8 Å². The topological polar surface area (TPSA) is 124 Å². The van der Waals surface area contributed by atoms with Crippen LogP contribution in [-0.4, -0.2) is 57.3 Å². The van der Waals surface area contributed by atoms with Gasteiger partial charge < -0.3 is 20.5 Å². The van der Waals surface area contributed by atoms with Crippen molar-refractivity contribution >= 4 is 12.4 Å². The molecule has 150 valence electrons. The molecular formula is C19H25N5O4. The molecule has 1 fully saturated rings. The lowest BCUT2D eigenvalue weighted by atomic mass is 10.0. The summed E-state index contributed by atoms with van der Waals surface area (Å²) in [7, 11) is 2.14. The first kappa shape index (κ1) is 20.0. The quantitative estimate of drug-likeness (QED) is 0.749. The number of carbonyl (C=O) groups excluding carboxylic acids is 1. The van der Waals surface area contributed by atoms with E-state index >= 15 is 0 Å². The van der Waals surface area contributed by atoms with Crippen molar-refractivity contribution in [3.63, 3.8) is 0 Å². The van der Waals surface area contributed by atoms with Crippen LogP contribution in [0.3, 0.4) is 0 Å². The van der Waals surface area contributed by atoms with Crippen molar-refractivity contribution in [2.45, 2.75) is 38.5 Å². The lowest BCUT2D eigenvalue weighted by molar-refractivity contribution is -0.123. The predicted octanol–water partition coefficient (Wildman–Crippen LogP) is 0.971. The summed E-state index contributed by atoms with van der Waals surface area (Å²) in [6.45, 7) is 3.05. The van der Waals surface area contributed by atoms with Gasteiger partial charge in [0.15, 0.2) is 11.6 Å². The summed E-state index contributed by atoms with van der Waals surface area (Å²) in [6, 6.07) is 6.48. The first-order valence-electron chi connectivity index (χ1n) is 9.22. The molecule has 0 saturated carbocycles. The van der Waals surface area contributed by atoms with Gasteiger partial charge in [0.2, 0.25) is 5.91 Å². The largest absolute Gasteiger partial charge is 0.483 e. The fourth-order valence-corrected chi connectivity index (χ4v) is 3.69. The monoisotopic (exact) mass is 387 g/mol. The number of fused-ring (bicyclic) bond motifs is 1. The minimum atomic E-state index is -0.409. The number of carbonyl (C=O) groups is 2. The molecule has 1 aromatic heterocycles. The fourth-order valence-electron chi connectivity index (χ4n) is 3.69. The second-order valence-corrected chi connectivity index (χ2v) is 7.02. The van der Waals surface area contributed by atoms with E-state index in [4.69, 9.17) is 20.4 Å². The third kappa shape index (κ3) is 4.37. The van der Waals surface area contributed by atoms with Crippen molar-refractivity contribution in [2.24, 2.45) is 5.73 Å². The Morgan fingerprint density at radius 2 is 2.07 bits per heavy atom. The Kier molecular flexibility index (Phi) is 6.37. The summed E-state index contributed by atoms with van der Waals surface area (Å²) in [5.74, 6) is 0.916. The normalized spacial score (nSPS) is 16.9. The van der Waals surface area contributed by atoms with Gasteiger partial charge in [-0.25, -0.2) is 9.67 Å². The summed E-state index contributed by atoms with van der Waals surface area (Å²) in [5, 5.41) is 11.5. The van der Waals surface area contributed by atoms with Crippen molar-refractivity contribution in [3.8, 4) is 11.4 Å². The van der Waals surface area contributed by atoms with Crippen molar-refractivity contribution in [1.82, 2.24) is 19.7 Å². The average Bonchev–Trinajstić information content (AvgIpc) is 3.29. The van der Waals surface area contributed by atoms with Crippen molar-refractivity contribution in [3.05, 3.63) is 35.2 Å². The van der Waals surface area contributed by atoms with Crippen LogP contribution in [0.15, 0.2) is 18.2 Å². The molecule has 3 heterocycles. The molecule has 2 aliphatic heterocycles. The molecule has 1 aromatic carbocycles. The van der Waals surface area contributed by atoms with Gasteiger partial charge in [-0.1, -0.05) is 18.2 Å². The Balaban J connectivity index is 0.000000706. The Bertz CT molecular complexity index is 843. The van der Waals surface area contributed by atoms with E-state index in [2.05, 4.69) is 34.2 Å². The van der Waals surface area contributed by atoms with Gasteiger partial charge >= 0.3 is 0 Å². The summed E-state index contributed by atoms with van der Waals surface area (Å²) in [6.07, 6.45) is 2.11. The van der Waals surface area contributed by atoms with E-state index in [0.29, 0.717) is 25.1 Å². The minimum Gasteiger partial charge on any atom is -0.483 e. The van der Waals surface area contributed by atoms with E-state index in [1.165, 1.54) is 11.1 Å².